The zero-order chi connectivity index (χ0) is 15.4. The van der Waals surface area contributed by atoms with Crippen LogP contribution in [0.25, 0.3) is 0 Å². The number of halogens is 1. The van der Waals surface area contributed by atoms with E-state index < -0.39 is 11.9 Å². The molecule has 0 aliphatic carbocycles. The van der Waals surface area contributed by atoms with Crippen LogP contribution in [0.15, 0.2) is 12.7 Å². The van der Waals surface area contributed by atoms with Crippen molar-refractivity contribution in [2.45, 2.75) is 13.3 Å². The quantitative estimate of drug-likeness (QED) is 0.683. The van der Waals surface area contributed by atoms with Gasteiger partial charge in [-0.05, 0) is 13.3 Å². The predicted molar refractivity (Wildman–Crippen MR) is 74.4 cm³/mol. The molecule has 0 aromatic heterocycles. The summed E-state index contributed by atoms with van der Waals surface area (Å²) in [7, 11) is 2.35. The van der Waals surface area contributed by atoms with Gasteiger partial charge >= 0.3 is 11.9 Å². The van der Waals surface area contributed by atoms with E-state index in [1.807, 2.05) is 0 Å². The number of carbonyl (C=O) groups is 2. The minimum absolute atomic E-state index is 0.0414. The van der Waals surface area contributed by atoms with E-state index in [2.05, 4.69) is 16.1 Å². The normalized spacial score (nSPS) is 10.0. The first-order valence-electron chi connectivity index (χ1n) is 5.72. The van der Waals surface area contributed by atoms with E-state index in [0.29, 0.717) is 5.56 Å². The van der Waals surface area contributed by atoms with Gasteiger partial charge in [-0.25, -0.2) is 9.59 Å². The fourth-order valence-electron chi connectivity index (χ4n) is 1.88. The average Bonchev–Trinajstić information content (AvgIpc) is 2.45. The molecule has 0 fully saturated rings. The van der Waals surface area contributed by atoms with Gasteiger partial charge in [-0.3, -0.25) is 0 Å². The molecule has 0 heterocycles. The van der Waals surface area contributed by atoms with Crippen LogP contribution in [0.2, 0.25) is 5.02 Å². The molecule has 1 rings (SSSR count). The van der Waals surface area contributed by atoms with E-state index in [1.165, 1.54) is 27.2 Å². The van der Waals surface area contributed by atoms with Crippen molar-refractivity contribution in [3.63, 3.8) is 0 Å². The number of carbonyl (C=O) groups excluding carboxylic acids is 2. The molecule has 0 atom stereocenters. The topological polar surface area (TPSA) is 72.8 Å². The Kier molecular flexibility index (Phi) is 5.16. The molecule has 5 nitrogen and oxygen atoms in total. The van der Waals surface area contributed by atoms with Crippen LogP contribution in [0.4, 0.5) is 0 Å². The maximum Gasteiger partial charge on any atom is 0.340 e. The number of hydrogen-bond donors (Lipinski definition) is 1. The van der Waals surface area contributed by atoms with Crippen LogP contribution in [0.1, 0.15) is 31.8 Å². The molecule has 0 saturated carbocycles. The second-order valence-corrected chi connectivity index (χ2v) is 4.37. The van der Waals surface area contributed by atoms with Crippen molar-refractivity contribution in [1.82, 2.24) is 0 Å². The summed E-state index contributed by atoms with van der Waals surface area (Å²) in [4.78, 5) is 23.7. The Labute approximate surface area is 121 Å². The first-order chi connectivity index (χ1) is 9.40. The SMILES string of the molecule is C=CCc1c(O)c(C)c(C(=O)OC)c(C(=O)OC)c1Cl. The minimum atomic E-state index is -0.774. The molecule has 1 aromatic rings. The van der Waals surface area contributed by atoms with Gasteiger partial charge in [0, 0.05) is 11.1 Å². The summed E-state index contributed by atoms with van der Waals surface area (Å²) >= 11 is 6.13. The third-order valence-electron chi connectivity index (χ3n) is 2.88. The van der Waals surface area contributed by atoms with Crippen molar-refractivity contribution in [2.75, 3.05) is 14.2 Å². The number of ether oxygens (including phenoxy) is 2. The number of allylic oxidation sites excluding steroid dienone is 1. The molecule has 1 aromatic carbocycles. The van der Waals surface area contributed by atoms with Crippen molar-refractivity contribution in [3.05, 3.63) is 39.9 Å². The highest BCUT2D eigenvalue weighted by molar-refractivity contribution is 6.35. The molecule has 0 saturated heterocycles. The number of phenolic OH excluding ortho intramolecular Hbond substituents is 1. The highest BCUT2D eigenvalue weighted by Gasteiger charge is 2.29. The summed E-state index contributed by atoms with van der Waals surface area (Å²) in [6.45, 7) is 5.06. The van der Waals surface area contributed by atoms with E-state index in [-0.39, 0.29) is 33.9 Å². The Morgan fingerprint density at radius 1 is 1.25 bits per heavy atom. The van der Waals surface area contributed by atoms with Crippen molar-refractivity contribution in [1.29, 1.82) is 0 Å². The van der Waals surface area contributed by atoms with E-state index in [4.69, 9.17) is 11.6 Å². The number of phenols is 1. The van der Waals surface area contributed by atoms with Crippen LogP contribution in [0.5, 0.6) is 5.75 Å². The lowest BCUT2D eigenvalue weighted by Gasteiger charge is -2.16. The minimum Gasteiger partial charge on any atom is -0.507 e. The molecule has 0 aliphatic rings. The Balaban J connectivity index is 3.79. The monoisotopic (exact) mass is 298 g/mol. The van der Waals surface area contributed by atoms with E-state index >= 15 is 0 Å². The zero-order valence-electron chi connectivity index (χ0n) is 11.4. The van der Waals surface area contributed by atoms with Gasteiger partial charge in [-0.1, -0.05) is 17.7 Å². The maximum atomic E-state index is 11.9. The van der Waals surface area contributed by atoms with Gasteiger partial charge in [0.2, 0.25) is 0 Å². The third kappa shape index (κ3) is 2.63. The standard InChI is InChI=1S/C14H15ClO5/c1-5-6-8-11(15)10(14(18)20-4)9(13(17)19-3)7(2)12(8)16/h5,16H,1,6H2,2-4H3. The van der Waals surface area contributed by atoms with E-state index in [1.54, 1.807) is 0 Å². The number of esters is 2. The molecule has 0 radical (unpaired) electrons. The van der Waals surface area contributed by atoms with Gasteiger partial charge in [0.15, 0.2) is 0 Å². The van der Waals surface area contributed by atoms with Crippen LogP contribution < -0.4 is 0 Å². The number of hydrogen-bond acceptors (Lipinski definition) is 5. The molecular formula is C14H15ClO5. The van der Waals surface area contributed by atoms with Crippen LogP contribution >= 0.6 is 11.6 Å². The molecule has 20 heavy (non-hydrogen) atoms. The molecule has 108 valence electrons. The summed E-state index contributed by atoms with van der Waals surface area (Å²) in [5.41, 5.74) is 0.300. The predicted octanol–water partition coefficient (Wildman–Crippen LogP) is 2.66. The van der Waals surface area contributed by atoms with Crippen molar-refractivity contribution in [3.8, 4) is 5.75 Å². The molecular weight excluding hydrogens is 284 g/mol. The van der Waals surface area contributed by atoms with Gasteiger partial charge in [0.1, 0.15) is 5.75 Å². The smallest absolute Gasteiger partial charge is 0.340 e. The van der Waals surface area contributed by atoms with Crippen LogP contribution in [0.3, 0.4) is 0 Å². The highest BCUT2D eigenvalue weighted by Crippen LogP contribution is 2.37. The molecule has 0 amide bonds. The second kappa shape index (κ2) is 6.43. The molecule has 0 aliphatic heterocycles. The highest BCUT2D eigenvalue weighted by atomic mass is 35.5. The number of benzene rings is 1. The lowest BCUT2D eigenvalue weighted by molar-refractivity contribution is 0.0554. The summed E-state index contributed by atoms with van der Waals surface area (Å²) in [6.07, 6.45) is 1.77. The first-order valence-corrected chi connectivity index (χ1v) is 6.09. The van der Waals surface area contributed by atoms with Gasteiger partial charge in [0.05, 0.1) is 30.4 Å². The summed E-state index contributed by atoms with van der Waals surface area (Å²) in [6, 6.07) is 0. The molecule has 0 spiro atoms. The number of methoxy groups -OCH3 is 2. The fraction of sp³-hybridized carbons (Fsp3) is 0.286. The Morgan fingerprint density at radius 2 is 1.75 bits per heavy atom. The summed E-state index contributed by atoms with van der Waals surface area (Å²) < 4.78 is 9.27. The van der Waals surface area contributed by atoms with Crippen molar-refractivity contribution < 1.29 is 24.2 Å². The van der Waals surface area contributed by atoms with Crippen molar-refractivity contribution >= 4 is 23.5 Å². The van der Waals surface area contributed by atoms with Crippen LogP contribution in [-0.4, -0.2) is 31.3 Å². The first kappa shape index (κ1) is 16.0. The lowest BCUT2D eigenvalue weighted by atomic mass is 9.95. The second-order valence-electron chi connectivity index (χ2n) is 3.99. The maximum absolute atomic E-state index is 11.9. The molecule has 6 heteroatoms. The van der Waals surface area contributed by atoms with Gasteiger partial charge in [-0.2, -0.15) is 0 Å². The van der Waals surface area contributed by atoms with E-state index in [0.717, 1.165) is 0 Å². The zero-order valence-corrected chi connectivity index (χ0v) is 12.2. The number of rotatable bonds is 4. The third-order valence-corrected chi connectivity index (χ3v) is 3.30. The molecule has 0 bridgehead atoms. The van der Waals surface area contributed by atoms with Crippen LogP contribution in [0, 0.1) is 6.92 Å². The largest absolute Gasteiger partial charge is 0.507 e. The lowest BCUT2D eigenvalue weighted by Crippen LogP contribution is -2.16. The Bertz CT molecular complexity index is 578. The van der Waals surface area contributed by atoms with Gasteiger partial charge < -0.3 is 14.6 Å². The molecule has 0 unspecified atom stereocenters. The Hall–Kier alpha value is -2.01. The summed E-state index contributed by atoms with van der Waals surface area (Å²) in [5.74, 6) is -1.71. The average molecular weight is 299 g/mol. The van der Waals surface area contributed by atoms with Gasteiger partial charge in [0.25, 0.3) is 0 Å². The fourth-order valence-corrected chi connectivity index (χ4v) is 2.22. The van der Waals surface area contributed by atoms with Crippen molar-refractivity contribution in [2.24, 2.45) is 0 Å². The Morgan fingerprint density at radius 3 is 2.20 bits per heavy atom. The number of aromatic hydroxyl groups is 1. The van der Waals surface area contributed by atoms with E-state index in [9.17, 15) is 14.7 Å². The van der Waals surface area contributed by atoms with Crippen LogP contribution in [-0.2, 0) is 15.9 Å². The van der Waals surface area contributed by atoms with Gasteiger partial charge in [-0.15, -0.1) is 6.58 Å². The summed E-state index contributed by atoms with van der Waals surface area (Å²) in [5, 5.41) is 10.1. The molecule has 1 N–H and O–H groups in total.